The zero-order chi connectivity index (χ0) is 10.2. The Labute approximate surface area is 82.4 Å². The van der Waals surface area contributed by atoms with Gasteiger partial charge in [-0.2, -0.15) is 0 Å². The van der Waals surface area contributed by atoms with Crippen molar-refractivity contribution in [3.63, 3.8) is 0 Å². The van der Waals surface area contributed by atoms with Crippen molar-refractivity contribution in [2.24, 2.45) is 0 Å². The number of ether oxygens (including phenoxy) is 1. The molecule has 5 nitrogen and oxygen atoms in total. The fourth-order valence-corrected chi connectivity index (χ4v) is 1.62. The number of aromatic nitrogens is 2. The van der Waals surface area contributed by atoms with Crippen molar-refractivity contribution < 1.29 is 9.84 Å². The monoisotopic (exact) mass is 195 g/mol. The normalized spacial score (nSPS) is 18.9. The molecule has 1 aliphatic heterocycles. The molecule has 5 heteroatoms. The van der Waals surface area contributed by atoms with Gasteiger partial charge in [0.1, 0.15) is 6.33 Å². The van der Waals surface area contributed by atoms with E-state index < -0.39 is 5.60 Å². The number of hydrogen-bond acceptors (Lipinski definition) is 5. The summed E-state index contributed by atoms with van der Waals surface area (Å²) in [6.07, 6.45) is 3.10. The standard InChI is InChI=1S/C9H13N3O2/c1-9(13)4-12(5-9)8-7(14-2)3-10-6-11-8/h3,6,13H,4-5H2,1-2H3. The number of aliphatic hydroxyl groups is 1. The van der Waals surface area contributed by atoms with Gasteiger partial charge in [0, 0.05) is 13.1 Å². The molecule has 0 atom stereocenters. The Morgan fingerprint density at radius 3 is 2.86 bits per heavy atom. The minimum atomic E-state index is -0.601. The number of nitrogens with zero attached hydrogens (tertiary/aromatic N) is 3. The lowest BCUT2D eigenvalue weighted by Crippen LogP contribution is -2.60. The molecule has 1 saturated heterocycles. The molecule has 0 aromatic carbocycles. The zero-order valence-electron chi connectivity index (χ0n) is 8.27. The van der Waals surface area contributed by atoms with Crippen LogP contribution in [0.5, 0.6) is 5.75 Å². The lowest BCUT2D eigenvalue weighted by atomic mass is 9.97. The summed E-state index contributed by atoms with van der Waals surface area (Å²) in [6.45, 7) is 2.97. The molecular weight excluding hydrogens is 182 g/mol. The van der Waals surface area contributed by atoms with E-state index in [-0.39, 0.29) is 0 Å². The minimum Gasteiger partial charge on any atom is -0.491 e. The first kappa shape index (κ1) is 9.21. The maximum Gasteiger partial charge on any atom is 0.179 e. The summed E-state index contributed by atoms with van der Waals surface area (Å²) in [4.78, 5) is 9.94. The molecule has 0 spiro atoms. The molecule has 0 amide bonds. The van der Waals surface area contributed by atoms with Crippen LogP contribution in [0.1, 0.15) is 6.92 Å². The van der Waals surface area contributed by atoms with Gasteiger partial charge in [-0.25, -0.2) is 9.97 Å². The first-order chi connectivity index (χ1) is 6.62. The van der Waals surface area contributed by atoms with Crippen molar-refractivity contribution in [2.75, 3.05) is 25.1 Å². The first-order valence-corrected chi connectivity index (χ1v) is 4.44. The highest BCUT2D eigenvalue weighted by atomic mass is 16.5. The lowest BCUT2D eigenvalue weighted by molar-refractivity contribution is 0.0302. The van der Waals surface area contributed by atoms with E-state index in [1.807, 2.05) is 4.90 Å². The second kappa shape index (κ2) is 3.09. The molecule has 0 bridgehead atoms. The highest BCUT2D eigenvalue weighted by molar-refractivity contribution is 5.53. The van der Waals surface area contributed by atoms with Crippen LogP contribution < -0.4 is 9.64 Å². The number of rotatable bonds is 2. The van der Waals surface area contributed by atoms with Crippen LogP contribution in [0.4, 0.5) is 5.82 Å². The molecule has 0 radical (unpaired) electrons. The van der Waals surface area contributed by atoms with E-state index in [0.717, 1.165) is 5.82 Å². The highest BCUT2D eigenvalue weighted by Gasteiger charge is 2.38. The van der Waals surface area contributed by atoms with Gasteiger partial charge in [-0.15, -0.1) is 0 Å². The van der Waals surface area contributed by atoms with Crippen molar-refractivity contribution in [3.8, 4) is 5.75 Å². The fourth-order valence-electron chi connectivity index (χ4n) is 1.62. The van der Waals surface area contributed by atoms with Gasteiger partial charge in [0.25, 0.3) is 0 Å². The van der Waals surface area contributed by atoms with Crippen LogP contribution in [0.25, 0.3) is 0 Å². The molecule has 0 unspecified atom stereocenters. The van der Waals surface area contributed by atoms with Crippen molar-refractivity contribution in [1.29, 1.82) is 0 Å². The third kappa shape index (κ3) is 1.50. The average molecular weight is 195 g/mol. The summed E-state index contributed by atoms with van der Waals surface area (Å²) < 4.78 is 5.12. The molecule has 1 N–H and O–H groups in total. The van der Waals surface area contributed by atoms with Gasteiger partial charge in [-0.05, 0) is 6.92 Å². The van der Waals surface area contributed by atoms with Crippen LogP contribution in [-0.2, 0) is 0 Å². The van der Waals surface area contributed by atoms with Crippen molar-refractivity contribution in [3.05, 3.63) is 12.5 Å². The maximum atomic E-state index is 9.58. The van der Waals surface area contributed by atoms with Gasteiger partial charge >= 0.3 is 0 Å². The SMILES string of the molecule is COc1cncnc1N1CC(C)(O)C1. The van der Waals surface area contributed by atoms with E-state index in [2.05, 4.69) is 9.97 Å². The van der Waals surface area contributed by atoms with Gasteiger partial charge < -0.3 is 14.7 Å². The first-order valence-electron chi connectivity index (χ1n) is 4.44. The van der Waals surface area contributed by atoms with Crippen LogP contribution >= 0.6 is 0 Å². The topological polar surface area (TPSA) is 58.5 Å². The summed E-state index contributed by atoms with van der Waals surface area (Å²) >= 11 is 0. The zero-order valence-corrected chi connectivity index (χ0v) is 8.27. The van der Waals surface area contributed by atoms with Crippen LogP contribution in [0.15, 0.2) is 12.5 Å². The third-order valence-corrected chi connectivity index (χ3v) is 2.24. The van der Waals surface area contributed by atoms with Crippen LogP contribution in [0, 0.1) is 0 Å². The van der Waals surface area contributed by atoms with Gasteiger partial charge in [0.05, 0.1) is 18.9 Å². The molecule has 0 saturated carbocycles. The second-order valence-electron chi connectivity index (χ2n) is 3.77. The summed E-state index contributed by atoms with van der Waals surface area (Å²) in [5.41, 5.74) is -0.601. The maximum absolute atomic E-state index is 9.58. The highest BCUT2D eigenvalue weighted by Crippen LogP contribution is 2.31. The van der Waals surface area contributed by atoms with Crippen molar-refractivity contribution in [2.45, 2.75) is 12.5 Å². The van der Waals surface area contributed by atoms with E-state index in [1.165, 1.54) is 6.33 Å². The Hall–Kier alpha value is -1.36. The van der Waals surface area contributed by atoms with E-state index in [4.69, 9.17) is 4.74 Å². The fraction of sp³-hybridized carbons (Fsp3) is 0.556. The quantitative estimate of drug-likeness (QED) is 0.723. The Balaban J connectivity index is 2.18. The van der Waals surface area contributed by atoms with Gasteiger partial charge in [-0.1, -0.05) is 0 Å². The molecule has 2 heterocycles. The molecule has 1 aliphatic rings. The smallest absolute Gasteiger partial charge is 0.179 e. The Kier molecular flexibility index (Phi) is 2.03. The Morgan fingerprint density at radius 1 is 1.57 bits per heavy atom. The van der Waals surface area contributed by atoms with Crippen molar-refractivity contribution >= 4 is 5.82 Å². The summed E-state index contributed by atoms with van der Waals surface area (Å²) in [5, 5.41) is 9.58. The van der Waals surface area contributed by atoms with E-state index >= 15 is 0 Å². The van der Waals surface area contributed by atoms with Crippen LogP contribution in [0.2, 0.25) is 0 Å². The van der Waals surface area contributed by atoms with E-state index in [9.17, 15) is 5.11 Å². The lowest BCUT2D eigenvalue weighted by Gasteiger charge is -2.45. The number of hydrogen-bond donors (Lipinski definition) is 1. The molecular formula is C9H13N3O2. The minimum absolute atomic E-state index is 0.584. The predicted molar refractivity (Wildman–Crippen MR) is 51.4 cm³/mol. The van der Waals surface area contributed by atoms with Crippen molar-refractivity contribution in [1.82, 2.24) is 9.97 Å². The largest absolute Gasteiger partial charge is 0.491 e. The van der Waals surface area contributed by atoms with E-state index in [1.54, 1.807) is 20.2 Å². The molecule has 1 aromatic rings. The molecule has 2 rings (SSSR count). The second-order valence-corrected chi connectivity index (χ2v) is 3.77. The number of methoxy groups -OCH3 is 1. The molecule has 1 aromatic heterocycles. The van der Waals surface area contributed by atoms with Gasteiger partial charge in [0.15, 0.2) is 11.6 Å². The Morgan fingerprint density at radius 2 is 2.29 bits per heavy atom. The average Bonchev–Trinajstić information content (AvgIpc) is 2.14. The van der Waals surface area contributed by atoms with Gasteiger partial charge in [-0.3, -0.25) is 0 Å². The van der Waals surface area contributed by atoms with E-state index in [0.29, 0.717) is 18.8 Å². The summed E-state index contributed by atoms with van der Waals surface area (Å²) in [7, 11) is 1.58. The summed E-state index contributed by atoms with van der Waals surface area (Å²) in [5.74, 6) is 1.39. The van der Waals surface area contributed by atoms with Crippen LogP contribution in [-0.4, -0.2) is 40.9 Å². The molecule has 0 aliphatic carbocycles. The molecule has 1 fully saturated rings. The molecule has 76 valence electrons. The third-order valence-electron chi connectivity index (χ3n) is 2.24. The molecule has 14 heavy (non-hydrogen) atoms. The Bertz CT molecular complexity index is 333. The van der Waals surface area contributed by atoms with Gasteiger partial charge in [0.2, 0.25) is 0 Å². The predicted octanol–water partition coefficient (Wildman–Crippen LogP) is 0.0562. The van der Waals surface area contributed by atoms with Crippen LogP contribution in [0.3, 0.4) is 0 Å². The summed E-state index contributed by atoms with van der Waals surface area (Å²) in [6, 6.07) is 0. The number of anilines is 1. The number of β-amino-alcohol motifs (C(OH)–C–C–N with tert-alkyl or cyclic N) is 1.